The zero-order valence-corrected chi connectivity index (χ0v) is 6.06. The van der Waals surface area contributed by atoms with Gasteiger partial charge >= 0.3 is 0 Å². The molecule has 3 heteroatoms. The van der Waals surface area contributed by atoms with Gasteiger partial charge in [0.1, 0.15) is 0 Å². The predicted octanol–water partition coefficient (Wildman–Crippen LogP) is 2.14. The molecule has 0 unspecified atom stereocenters. The van der Waals surface area contributed by atoms with Crippen LogP contribution in [0.3, 0.4) is 0 Å². The highest BCUT2D eigenvalue weighted by Crippen LogP contribution is 2.16. The van der Waals surface area contributed by atoms with Gasteiger partial charge in [-0.2, -0.15) is 0 Å². The molecule has 1 N–H and O–H groups in total. The zero-order valence-electron chi connectivity index (χ0n) is 5.24. The van der Waals surface area contributed by atoms with Crippen LogP contribution in [0.5, 0.6) is 0 Å². The lowest BCUT2D eigenvalue weighted by Crippen LogP contribution is -1.68. The highest BCUT2D eigenvalue weighted by Gasteiger charge is 1.95. The van der Waals surface area contributed by atoms with Crippen LogP contribution in [0.4, 0.5) is 0 Å². The lowest BCUT2D eigenvalue weighted by Gasteiger charge is -1.85. The summed E-state index contributed by atoms with van der Waals surface area (Å²) in [6.45, 7) is 0. The van der Waals surface area contributed by atoms with Gasteiger partial charge in [0.05, 0.1) is 0 Å². The lowest BCUT2D eigenvalue weighted by molar-refractivity contribution is 1.40. The van der Waals surface area contributed by atoms with Crippen molar-refractivity contribution in [3.8, 4) is 11.3 Å². The molecule has 0 atom stereocenters. The Morgan fingerprint density at radius 3 is 3.10 bits per heavy atom. The van der Waals surface area contributed by atoms with Crippen LogP contribution in [-0.4, -0.2) is 9.36 Å². The van der Waals surface area contributed by atoms with Gasteiger partial charge in [0, 0.05) is 29.0 Å². The molecule has 0 aromatic carbocycles. The van der Waals surface area contributed by atoms with E-state index < -0.39 is 0 Å². The molecular weight excluding hydrogens is 144 g/mol. The number of nitrogens with zero attached hydrogens (tertiary/aromatic N) is 1. The van der Waals surface area contributed by atoms with Gasteiger partial charge in [-0.1, -0.05) is 0 Å². The molecule has 2 aromatic heterocycles. The number of aromatic nitrogens is 2. The van der Waals surface area contributed by atoms with E-state index in [1.807, 2.05) is 29.9 Å². The molecule has 50 valence electrons. The molecule has 10 heavy (non-hydrogen) atoms. The Morgan fingerprint density at radius 1 is 1.50 bits per heavy atom. The van der Waals surface area contributed by atoms with Crippen molar-refractivity contribution in [3.05, 3.63) is 29.9 Å². The molecule has 0 aliphatic heterocycles. The third-order valence-corrected chi connectivity index (χ3v) is 1.93. The van der Waals surface area contributed by atoms with Crippen molar-refractivity contribution in [2.45, 2.75) is 0 Å². The molecule has 2 aromatic rings. The third kappa shape index (κ3) is 0.844. The van der Waals surface area contributed by atoms with E-state index >= 15 is 0 Å². The van der Waals surface area contributed by atoms with E-state index in [0.717, 1.165) is 11.3 Å². The van der Waals surface area contributed by atoms with Crippen LogP contribution in [0, 0.1) is 0 Å². The lowest BCUT2D eigenvalue weighted by atomic mass is 10.3. The second-order valence-corrected chi connectivity index (χ2v) is 2.65. The van der Waals surface area contributed by atoms with Gasteiger partial charge in [0.2, 0.25) is 0 Å². The van der Waals surface area contributed by atoms with Crippen molar-refractivity contribution in [1.29, 1.82) is 0 Å². The van der Waals surface area contributed by atoms with Crippen molar-refractivity contribution in [2.75, 3.05) is 0 Å². The molecule has 0 aliphatic rings. The Hall–Kier alpha value is -1.09. The first kappa shape index (κ1) is 5.68. The fourth-order valence-electron chi connectivity index (χ4n) is 0.848. The van der Waals surface area contributed by atoms with Gasteiger partial charge in [-0.25, -0.2) is 4.37 Å². The minimum atomic E-state index is 1.13. The van der Waals surface area contributed by atoms with Crippen molar-refractivity contribution < 1.29 is 0 Å². The van der Waals surface area contributed by atoms with E-state index in [4.69, 9.17) is 0 Å². The van der Waals surface area contributed by atoms with E-state index in [2.05, 4.69) is 9.36 Å². The normalized spacial score (nSPS) is 10.0. The van der Waals surface area contributed by atoms with Crippen molar-refractivity contribution in [1.82, 2.24) is 9.36 Å². The van der Waals surface area contributed by atoms with Gasteiger partial charge in [-0.05, 0) is 23.7 Å². The van der Waals surface area contributed by atoms with E-state index in [1.54, 1.807) is 0 Å². The quantitative estimate of drug-likeness (QED) is 0.662. The van der Waals surface area contributed by atoms with Crippen LogP contribution in [0.25, 0.3) is 11.3 Å². The van der Waals surface area contributed by atoms with E-state index in [1.165, 1.54) is 11.5 Å². The zero-order chi connectivity index (χ0) is 6.81. The summed E-state index contributed by atoms with van der Waals surface area (Å²) in [5.41, 5.74) is 2.30. The second-order valence-electron chi connectivity index (χ2n) is 2.00. The fraction of sp³-hybridized carbons (Fsp3) is 0. The molecule has 0 aliphatic carbocycles. The largest absolute Gasteiger partial charge is 0.361 e. The molecule has 2 nitrogen and oxygen atoms in total. The standard InChI is InChI=1S/C7H6N2S/c1-2-7(8-3-1)6-4-9-10-5-6/h1-5,8H. The number of H-pyrrole nitrogens is 1. The molecule has 0 amide bonds. The van der Waals surface area contributed by atoms with E-state index in [9.17, 15) is 0 Å². The van der Waals surface area contributed by atoms with Crippen LogP contribution in [0.15, 0.2) is 29.9 Å². The van der Waals surface area contributed by atoms with Crippen molar-refractivity contribution in [2.24, 2.45) is 0 Å². The maximum absolute atomic E-state index is 4.00. The van der Waals surface area contributed by atoms with Crippen LogP contribution >= 0.6 is 11.5 Å². The van der Waals surface area contributed by atoms with Crippen LogP contribution in [-0.2, 0) is 0 Å². The SMILES string of the molecule is c1c[nH]c(-c2cnsc2)c1. The van der Waals surface area contributed by atoms with Gasteiger partial charge in [0.15, 0.2) is 0 Å². The van der Waals surface area contributed by atoms with Gasteiger partial charge in [-0.3, -0.25) is 0 Å². The summed E-state index contributed by atoms with van der Waals surface area (Å²) in [5.74, 6) is 0. The summed E-state index contributed by atoms with van der Waals surface area (Å²) in [6.07, 6.45) is 3.77. The monoisotopic (exact) mass is 150 g/mol. The molecule has 2 rings (SSSR count). The Balaban J connectivity index is 2.48. The molecule has 0 fully saturated rings. The number of aromatic amines is 1. The van der Waals surface area contributed by atoms with Gasteiger partial charge in [0.25, 0.3) is 0 Å². The minimum Gasteiger partial charge on any atom is -0.361 e. The first-order valence-corrected chi connectivity index (χ1v) is 3.83. The average Bonchev–Trinajstić information content (AvgIpc) is 2.59. The van der Waals surface area contributed by atoms with Crippen LogP contribution in [0.1, 0.15) is 0 Å². The third-order valence-electron chi connectivity index (χ3n) is 1.34. The number of rotatable bonds is 1. The van der Waals surface area contributed by atoms with Crippen LogP contribution < -0.4 is 0 Å². The summed E-state index contributed by atoms with van der Waals surface area (Å²) in [7, 11) is 0. The highest BCUT2D eigenvalue weighted by molar-refractivity contribution is 7.03. The first-order chi connectivity index (χ1) is 4.97. The second kappa shape index (κ2) is 2.27. The fourth-order valence-corrected chi connectivity index (χ4v) is 1.38. The molecule has 0 saturated carbocycles. The summed E-state index contributed by atoms with van der Waals surface area (Å²) < 4.78 is 4.00. The average molecular weight is 150 g/mol. The summed E-state index contributed by atoms with van der Waals surface area (Å²) in [4.78, 5) is 3.11. The summed E-state index contributed by atoms with van der Waals surface area (Å²) >= 11 is 1.47. The summed E-state index contributed by atoms with van der Waals surface area (Å²) in [5, 5.41) is 2.02. The van der Waals surface area contributed by atoms with Gasteiger partial charge < -0.3 is 4.98 Å². The van der Waals surface area contributed by atoms with Crippen molar-refractivity contribution in [3.63, 3.8) is 0 Å². The number of hydrogen-bond donors (Lipinski definition) is 1. The molecule has 0 spiro atoms. The van der Waals surface area contributed by atoms with E-state index in [-0.39, 0.29) is 0 Å². The predicted molar refractivity (Wildman–Crippen MR) is 41.9 cm³/mol. The van der Waals surface area contributed by atoms with Gasteiger partial charge in [-0.15, -0.1) is 0 Å². The summed E-state index contributed by atoms with van der Waals surface area (Å²) in [6, 6.07) is 4.01. The van der Waals surface area contributed by atoms with Crippen molar-refractivity contribution >= 4 is 11.5 Å². The number of hydrogen-bond acceptors (Lipinski definition) is 2. The molecule has 0 bridgehead atoms. The minimum absolute atomic E-state index is 1.13. The Morgan fingerprint density at radius 2 is 2.50 bits per heavy atom. The number of nitrogens with one attached hydrogen (secondary N) is 1. The maximum Gasteiger partial charge on any atom is 0.0500 e. The molecule has 0 radical (unpaired) electrons. The smallest absolute Gasteiger partial charge is 0.0500 e. The Kier molecular flexibility index (Phi) is 1.29. The molecular formula is C7H6N2S. The Bertz CT molecular complexity index is 251. The van der Waals surface area contributed by atoms with E-state index in [0.29, 0.717) is 0 Å². The Labute approximate surface area is 62.7 Å². The van der Waals surface area contributed by atoms with Crippen LogP contribution in [0.2, 0.25) is 0 Å². The highest BCUT2D eigenvalue weighted by atomic mass is 32.1. The maximum atomic E-state index is 4.00. The topological polar surface area (TPSA) is 28.7 Å². The molecule has 0 saturated heterocycles. The first-order valence-electron chi connectivity index (χ1n) is 3.00. The molecule has 2 heterocycles.